The molecule has 0 saturated carbocycles. The number of thioether (sulfide) groups is 1. The molecule has 3 N–H and O–H groups in total. The Kier molecular flexibility index (Phi) is 6.47. The van der Waals surface area contributed by atoms with E-state index in [2.05, 4.69) is 15.9 Å². The van der Waals surface area contributed by atoms with Gasteiger partial charge in [0.2, 0.25) is 0 Å². The highest BCUT2D eigenvalue weighted by Crippen LogP contribution is 2.34. The molecule has 0 fully saturated rings. The van der Waals surface area contributed by atoms with Gasteiger partial charge in [0.1, 0.15) is 17.5 Å². The van der Waals surface area contributed by atoms with Crippen molar-refractivity contribution in [3.05, 3.63) is 22.2 Å². The van der Waals surface area contributed by atoms with Crippen LogP contribution >= 0.6 is 27.7 Å². The highest BCUT2D eigenvalue weighted by atomic mass is 79.9. The van der Waals surface area contributed by atoms with Crippen molar-refractivity contribution in [3.8, 4) is 11.5 Å². The molecule has 0 radical (unpaired) electrons. The van der Waals surface area contributed by atoms with E-state index in [9.17, 15) is 4.79 Å². The van der Waals surface area contributed by atoms with E-state index >= 15 is 0 Å². The number of nitrogens with two attached hydrogens (primary N) is 1. The number of halogens is 1. The standard InChI is InChI=1S/C12H16BrNO4S/c1-17-10-4-8(13)11(18-2)3-7(10)5-19-6-9(14)12(15)16/h3-4,9H,5-6,14H2,1-2H3,(H,15,16)/t9-/m1/s1. The zero-order chi connectivity index (χ0) is 14.4. The Morgan fingerprint density at radius 3 is 2.58 bits per heavy atom. The molecule has 0 bridgehead atoms. The van der Waals surface area contributed by atoms with Crippen LogP contribution in [-0.2, 0) is 10.5 Å². The summed E-state index contributed by atoms with van der Waals surface area (Å²) in [5.41, 5.74) is 6.38. The number of methoxy groups -OCH3 is 2. The molecule has 1 aromatic rings. The lowest BCUT2D eigenvalue weighted by Crippen LogP contribution is -2.32. The third kappa shape index (κ3) is 4.59. The van der Waals surface area contributed by atoms with E-state index in [0.717, 1.165) is 15.8 Å². The SMILES string of the molecule is COc1cc(CSC[C@@H](N)C(=O)O)c(OC)cc1Br. The van der Waals surface area contributed by atoms with Crippen LogP contribution < -0.4 is 15.2 Å². The largest absolute Gasteiger partial charge is 0.496 e. The average Bonchev–Trinajstić information content (AvgIpc) is 2.39. The maximum atomic E-state index is 10.6. The number of rotatable bonds is 7. The Balaban J connectivity index is 2.74. The Hall–Kier alpha value is -0.920. The van der Waals surface area contributed by atoms with E-state index in [1.807, 2.05) is 12.1 Å². The molecule has 0 spiro atoms. The topological polar surface area (TPSA) is 81.8 Å². The summed E-state index contributed by atoms with van der Waals surface area (Å²) in [4.78, 5) is 10.6. The van der Waals surface area contributed by atoms with Crippen molar-refractivity contribution >= 4 is 33.7 Å². The summed E-state index contributed by atoms with van der Waals surface area (Å²) >= 11 is 4.82. The molecule has 0 aliphatic rings. The molecule has 106 valence electrons. The lowest BCUT2D eigenvalue weighted by Gasteiger charge is -2.12. The molecule has 0 aliphatic heterocycles. The number of carboxylic acid groups (broad SMARTS) is 1. The third-order valence-corrected chi connectivity index (χ3v) is 4.16. The molecule has 0 aromatic heterocycles. The van der Waals surface area contributed by atoms with Crippen molar-refractivity contribution in [2.75, 3.05) is 20.0 Å². The Morgan fingerprint density at radius 1 is 1.42 bits per heavy atom. The first-order chi connectivity index (χ1) is 8.99. The van der Waals surface area contributed by atoms with Crippen LogP contribution in [0.25, 0.3) is 0 Å². The van der Waals surface area contributed by atoms with Gasteiger partial charge >= 0.3 is 5.97 Å². The predicted octanol–water partition coefficient (Wildman–Crippen LogP) is 2.11. The van der Waals surface area contributed by atoms with E-state index in [-0.39, 0.29) is 0 Å². The first kappa shape index (κ1) is 16.1. The van der Waals surface area contributed by atoms with Crippen molar-refractivity contribution in [3.63, 3.8) is 0 Å². The van der Waals surface area contributed by atoms with Crippen LogP contribution in [0.2, 0.25) is 0 Å². The first-order valence-electron chi connectivity index (χ1n) is 5.46. The first-order valence-corrected chi connectivity index (χ1v) is 7.41. The number of aliphatic carboxylic acids is 1. The maximum absolute atomic E-state index is 10.6. The van der Waals surface area contributed by atoms with Gasteiger partial charge in [-0.1, -0.05) is 0 Å². The molecule has 19 heavy (non-hydrogen) atoms. The molecule has 0 saturated heterocycles. The minimum atomic E-state index is -0.993. The molecular formula is C12H16BrNO4S. The van der Waals surface area contributed by atoms with Gasteiger partial charge in [-0.25, -0.2) is 0 Å². The fourth-order valence-corrected chi connectivity index (χ4v) is 2.85. The van der Waals surface area contributed by atoms with Crippen LogP contribution in [0.15, 0.2) is 16.6 Å². The molecule has 7 heteroatoms. The van der Waals surface area contributed by atoms with E-state index in [1.165, 1.54) is 11.8 Å². The summed E-state index contributed by atoms with van der Waals surface area (Å²) in [6, 6.07) is 2.84. The van der Waals surface area contributed by atoms with Crippen LogP contribution in [0.4, 0.5) is 0 Å². The summed E-state index contributed by atoms with van der Waals surface area (Å²) in [5, 5.41) is 8.71. The van der Waals surface area contributed by atoms with Gasteiger partial charge in [0.25, 0.3) is 0 Å². The molecule has 5 nitrogen and oxygen atoms in total. The smallest absolute Gasteiger partial charge is 0.321 e. The second-order valence-electron chi connectivity index (χ2n) is 3.76. The number of hydrogen-bond acceptors (Lipinski definition) is 5. The predicted molar refractivity (Wildman–Crippen MR) is 79.0 cm³/mol. The van der Waals surface area contributed by atoms with Gasteiger partial charge in [0, 0.05) is 17.1 Å². The van der Waals surface area contributed by atoms with E-state index in [0.29, 0.717) is 17.3 Å². The summed E-state index contributed by atoms with van der Waals surface area (Å²) < 4.78 is 11.3. The lowest BCUT2D eigenvalue weighted by atomic mass is 10.2. The molecule has 1 rings (SSSR count). The zero-order valence-electron chi connectivity index (χ0n) is 10.7. The molecule has 1 atom stereocenters. The molecular weight excluding hydrogens is 334 g/mol. The Morgan fingerprint density at radius 2 is 2.05 bits per heavy atom. The zero-order valence-corrected chi connectivity index (χ0v) is 13.1. The van der Waals surface area contributed by atoms with Crippen molar-refractivity contribution in [1.82, 2.24) is 0 Å². The van der Waals surface area contributed by atoms with Gasteiger partial charge in [-0.2, -0.15) is 11.8 Å². The number of ether oxygens (including phenoxy) is 2. The number of benzene rings is 1. The minimum absolute atomic E-state index is 0.344. The fraction of sp³-hybridized carbons (Fsp3) is 0.417. The number of carboxylic acids is 1. The van der Waals surface area contributed by atoms with Crippen molar-refractivity contribution in [2.24, 2.45) is 5.73 Å². The monoisotopic (exact) mass is 349 g/mol. The quantitative estimate of drug-likeness (QED) is 0.784. The summed E-state index contributed by atoms with van der Waals surface area (Å²) in [7, 11) is 3.18. The summed E-state index contributed by atoms with van der Waals surface area (Å²) in [6.45, 7) is 0. The molecule has 0 amide bonds. The van der Waals surface area contributed by atoms with E-state index in [1.54, 1.807) is 14.2 Å². The van der Waals surface area contributed by atoms with Gasteiger partial charge in [0.15, 0.2) is 0 Å². The number of hydrogen-bond donors (Lipinski definition) is 2. The molecule has 1 aromatic carbocycles. The van der Waals surface area contributed by atoms with Gasteiger partial charge in [-0.15, -0.1) is 0 Å². The van der Waals surface area contributed by atoms with Gasteiger partial charge in [-0.3, -0.25) is 4.79 Å². The van der Waals surface area contributed by atoms with Gasteiger partial charge in [-0.05, 0) is 28.1 Å². The van der Waals surface area contributed by atoms with Crippen LogP contribution in [0.1, 0.15) is 5.56 Å². The van der Waals surface area contributed by atoms with Crippen LogP contribution in [0.5, 0.6) is 11.5 Å². The average molecular weight is 350 g/mol. The van der Waals surface area contributed by atoms with E-state index < -0.39 is 12.0 Å². The third-order valence-electron chi connectivity index (χ3n) is 2.43. The molecule has 0 heterocycles. The van der Waals surface area contributed by atoms with Crippen molar-refractivity contribution < 1.29 is 19.4 Å². The Labute approximate surface area is 124 Å². The molecule has 0 aliphatic carbocycles. The maximum Gasteiger partial charge on any atom is 0.321 e. The van der Waals surface area contributed by atoms with E-state index in [4.69, 9.17) is 20.3 Å². The second-order valence-corrected chi connectivity index (χ2v) is 5.64. The normalized spacial score (nSPS) is 12.0. The van der Waals surface area contributed by atoms with Crippen LogP contribution in [-0.4, -0.2) is 37.1 Å². The van der Waals surface area contributed by atoms with Gasteiger partial charge < -0.3 is 20.3 Å². The second kappa shape index (κ2) is 7.62. The Bertz CT molecular complexity index is 456. The van der Waals surface area contributed by atoms with Crippen molar-refractivity contribution in [2.45, 2.75) is 11.8 Å². The summed E-state index contributed by atoms with van der Waals surface area (Å²) in [5.74, 6) is 1.39. The summed E-state index contributed by atoms with van der Waals surface area (Å²) in [6.07, 6.45) is 0. The van der Waals surface area contributed by atoms with Crippen LogP contribution in [0, 0.1) is 0 Å². The molecule has 0 unspecified atom stereocenters. The van der Waals surface area contributed by atoms with Crippen LogP contribution in [0.3, 0.4) is 0 Å². The minimum Gasteiger partial charge on any atom is -0.496 e. The highest BCUT2D eigenvalue weighted by molar-refractivity contribution is 9.10. The lowest BCUT2D eigenvalue weighted by molar-refractivity contribution is -0.137. The fourth-order valence-electron chi connectivity index (χ4n) is 1.40. The van der Waals surface area contributed by atoms with Crippen molar-refractivity contribution in [1.29, 1.82) is 0 Å². The van der Waals surface area contributed by atoms with Gasteiger partial charge in [0.05, 0.1) is 18.7 Å². The highest BCUT2D eigenvalue weighted by Gasteiger charge is 2.13. The number of carbonyl (C=O) groups is 1.